The topological polar surface area (TPSA) is 29.1 Å². The van der Waals surface area contributed by atoms with Gasteiger partial charge in [0.15, 0.2) is 5.78 Å². The van der Waals surface area contributed by atoms with Gasteiger partial charge in [0.2, 0.25) is 0 Å². The van der Waals surface area contributed by atoms with E-state index in [1.165, 1.54) is 5.38 Å². The third-order valence-electron chi connectivity index (χ3n) is 2.39. The van der Waals surface area contributed by atoms with E-state index >= 15 is 0 Å². The summed E-state index contributed by atoms with van der Waals surface area (Å²) in [7, 11) is 0. The van der Waals surface area contributed by atoms with Crippen molar-refractivity contribution in [2.75, 3.05) is 13.1 Å². The summed E-state index contributed by atoms with van der Waals surface area (Å²) in [6, 6.07) is 0. The molecule has 1 aromatic heterocycles. The third-order valence-corrected chi connectivity index (χ3v) is 3.13. The summed E-state index contributed by atoms with van der Waals surface area (Å²) in [5.41, 5.74) is -0.983. The van der Waals surface area contributed by atoms with Gasteiger partial charge in [0.05, 0.1) is 5.56 Å². The number of rotatable bonds is 2. The zero-order chi connectivity index (χ0) is 11.1. The smallest absolute Gasteiger partial charge is 0.315 e. The average Bonchev–Trinajstić information content (AvgIpc) is 2.45. The minimum Gasteiger partial charge on any atom is -0.315 e. The van der Waals surface area contributed by atoms with Gasteiger partial charge in [-0.3, -0.25) is 4.79 Å². The highest BCUT2D eigenvalue weighted by Gasteiger charge is 2.38. The van der Waals surface area contributed by atoms with E-state index in [4.69, 9.17) is 0 Å². The van der Waals surface area contributed by atoms with Gasteiger partial charge in [-0.2, -0.15) is 24.5 Å². The van der Waals surface area contributed by atoms with Crippen LogP contribution in [0.1, 0.15) is 15.9 Å². The van der Waals surface area contributed by atoms with Crippen LogP contribution in [-0.2, 0) is 6.18 Å². The number of nitrogens with one attached hydrogen (secondary N) is 1. The lowest BCUT2D eigenvalue weighted by Gasteiger charge is -2.25. The normalized spacial score (nSPS) is 17.5. The van der Waals surface area contributed by atoms with E-state index in [1.807, 2.05) is 0 Å². The lowest BCUT2D eigenvalue weighted by Crippen LogP contribution is -2.46. The summed E-state index contributed by atoms with van der Waals surface area (Å²) in [5, 5.41) is 5.13. The van der Waals surface area contributed by atoms with Gasteiger partial charge in [-0.1, -0.05) is 0 Å². The molecule has 0 spiro atoms. The maximum atomic E-state index is 12.5. The fourth-order valence-electron chi connectivity index (χ4n) is 1.40. The Labute approximate surface area is 88.1 Å². The van der Waals surface area contributed by atoms with Crippen molar-refractivity contribution in [2.24, 2.45) is 5.92 Å². The lowest BCUT2D eigenvalue weighted by molar-refractivity contribution is -0.137. The number of halogens is 3. The predicted octanol–water partition coefficient (Wildman–Crippen LogP) is 2.17. The van der Waals surface area contributed by atoms with Gasteiger partial charge in [0.25, 0.3) is 0 Å². The van der Waals surface area contributed by atoms with Crippen molar-refractivity contribution in [3.8, 4) is 0 Å². The van der Waals surface area contributed by atoms with Crippen molar-refractivity contribution in [2.45, 2.75) is 6.18 Å². The number of Topliss-reactive ketones (excluding diaryl/α,β-unsaturated/α-hetero) is 1. The largest absolute Gasteiger partial charge is 0.417 e. The Kier molecular flexibility index (Phi) is 2.56. The predicted molar refractivity (Wildman–Crippen MR) is 50.0 cm³/mol. The summed E-state index contributed by atoms with van der Waals surface area (Å²) in [4.78, 5) is 11.6. The zero-order valence-electron chi connectivity index (χ0n) is 7.60. The zero-order valence-corrected chi connectivity index (χ0v) is 8.41. The molecule has 2 rings (SSSR count). The molecule has 1 aliphatic rings. The average molecular weight is 235 g/mol. The number of hydrogen-bond donors (Lipinski definition) is 1. The first-order chi connectivity index (χ1) is 7.00. The molecule has 15 heavy (non-hydrogen) atoms. The fourth-order valence-corrected chi connectivity index (χ4v) is 2.25. The molecule has 2 heterocycles. The Morgan fingerprint density at radius 1 is 1.40 bits per heavy atom. The molecule has 0 atom stereocenters. The second-order valence-corrected chi connectivity index (χ2v) is 4.16. The molecule has 0 amide bonds. The molecule has 1 fully saturated rings. The maximum absolute atomic E-state index is 12.5. The van der Waals surface area contributed by atoms with Crippen LogP contribution in [0, 0.1) is 5.92 Å². The van der Waals surface area contributed by atoms with Crippen LogP contribution in [0.25, 0.3) is 0 Å². The van der Waals surface area contributed by atoms with Crippen LogP contribution in [0.3, 0.4) is 0 Å². The number of thiophene rings is 1. The minimum atomic E-state index is -4.43. The molecule has 1 saturated heterocycles. The fraction of sp³-hybridized carbons (Fsp3) is 0.444. The van der Waals surface area contributed by atoms with Gasteiger partial charge in [0.1, 0.15) is 0 Å². The van der Waals surface area contributed by atoms with Crippen LogP contribution < -0.4 is 5.32 Å². The first kappa shape index (κ1) is 10.6. The summed E-state index contributed by atoms with van der Waals surface area (Å²) in [5.74, 6) is -0.692. The van der Waals surface area contributed by atoms with E-state index in [1.54, 1.807) is 0 Å². The van der Waals surface area contributed by atoms with Crippen molar-refractivity contribution in [3.05, 3.63) is 21.9 Å². The second kappa shape index (κ2) is 3.61. The molecule has 1 aromatic rings. The summed E-state index contributed by atoms with van der Waals surface area (Å²) >= 11 is 0.912. The van der Waals surface area contributed by atoms with E-state index in [-0.39, 0.29) is 11.5 Å². The Morgan fingerprint density at radius 3 is 2.53 bits per heavy atom. The second-order valence-electron chi connectivity index (χ2n) is 3.42. The number of carbonyl (C=O) groups excluding carboxylic acids is 1. The van der Waals surface area contributed by atoms with Crippen molar-refractivity contribution in [1.29, 1.82) is 0 Å². The standard InChI is InChI=1S/C9H8F3NOS/c10-9(11,12)7-4-15-3-6(7)8(14)5-1-13-2-5/h3-5,13H,1-2H2. The highest BCUT2D eigenvalue weighted by Crippen LogP contribution is 2.35. The van der Waals surface area contributed by atoms with Crippen LogP contribution in [0.4, 0.5) is 13.2 Å². The van der Waals surface area contributed by atoms with Gasteiger partial charge in [-0.25, -0.2) is 0 Å². The van der Waals surface area contributed by atoms with Crippen LogP contribution >= 0.6 is 11.3 Å². The Bertz CT molecular complexity index is 381. The summed E-state index contributed by atoms with van der Waals surface area (Å²) in [6.07, 6.45) is -4.43. The minimum absolute atomic E-state index is 0.181. The van der Waals surface area contributed by atoms with Gasteiger partial charge in [0, 0.05) is 35.3 Å². The molecule has 0 radical (unpaired) electrons. The van der Waals surface area contributed by atoms with Crippen LogP contribution in [0.2, 0.25) is 0 Å². The lowest BCUT2D eigenvalue weighted by atomic mass is 9.92. The van der Waals surface area contributed by atoms with Crippen molar-refractivity contribution >= 4 is 17.1 Å². The van der Waals surface area contributed by atoms with E-state index in [2.05, 4.69) is 5.32 Å². The van der Waals surface area contributed by atoms with Gasteiger partial charge >= 0.3 is 6.18 Å². The van der Waals surface area contributed by atoms with Crippen molar-refractivity contribution in [1.82, 2.24) is 5.32 Å². The molecular formula is C9H8F3NOS. The first-order valence-corrected chi connectivity index (χ1v) is 5.32. The number of alkyl halides is 3. The molecular weight excluding hydrogens is 227 g/mol. The molecule has 0 aromatic carbocycles. The molecule has 82 valence electrons. The van der Waals surface area contributed by atoms with E-state index in [9.17, 15) is 18.0 Å². The Morgan fingerprint density at radius 2 is 2.07 bits per heavy atom. The molecule has 2 nitrogen and oxygen atoms in total. The molecule has 0 aliphatic carbocycles. The number of hydrogen-bond acceptors (Lipinski definition) is 3. The SMILES string of the molecule is O=C(c1cscc1C(F)(F)F)C1CNC1. The molecule has 6 heteroatoms. The Hall–Kier alpha value is -0.880. The van der Waals surface area contributed by atoms with E-state index in [0.29, 0.717) is 13.1 Å². The Balaban J connectivity index is 2.28. The van der Waals surface area contributed by atoms with Crippen LogP contribution in [0.15, 0.2) is 10.8 Å². The molecule has 0 saturated carbocycles. The maximum Gasteiger partial charge on any atom is 0.417 e. The van der Waals surface area contributed by atoms with Crippen molar-refractivity contribution < 1.29 is 18.0 Å². The van der Waals surface area contributed by atoms with E-state index < -0.39 is 17.5 Å². The summed E-state index contributed by atoms with van der Waals surface area (Å²) in [6.45, 7) is 0.956. The molecule has 1 N–H and O–H groups in total. The third kappa shape index (κ3) is 1.91. The monoisotopic (exact) mass is 235 g/mol. The van der Waals surface area contributed by atoms with Gasteiger partial charge in [-0.05, 0) is 0 Å². The van der Waals surface area contributed by atoms with Crippen LogP contribution in [0.5, 0.6) is 0 Å². The van der Waals surface area contributed by atoms with Crippen LogP contribution in [-0.4, -0.2) is 18.9 Å². The number of ketones is 1. The molecule has 0 bridgehead atoms. The highest BCUT2D eigenvalue weighted by molar-refractivity contribution is 7.08. The van der Waals surface area contributed by atoms with Gasteiger partial charge < -0.3 is 5.32 Å². The van der Waals surface area contributed by atoms with E-state index in [0.717, 1.165) is 16.7 Å². The molecule has 1 aliphatic heterocycles. The molecule has 0 unspecified atom stereocenters. The highest BCUT2D eigenvalue weighted by atomic mass is 32.1. The van der Waals surface area contributed by atoms with Crippen molar-refractivity contribution in [3.63, 3.8) is 0 Å². The quantitative estimate of drug-likeness (QED) is 0.796. The van der Waals surface area contributed by atoms with Gasteiger partial charge in [-0.15, -0.1) is 0 Å². The first-order valence-electron chi connectivity index (χ1n) is 4.38. The number of carbonyl (C=O) groups is 1. The summed E-state index contributed by atoms with van der Waals surface area (Å²) < 4.78 is 37.4.